The molecule has 0 radical (unpaired) electrons. The third kappa shape index (κ3) is 12.1. The van der Waals surface area contributed by atoms with Gasteiger partial charge in [0.2, 0.25) is 0 Å². The molecule has 0 aromatic rings. The molecule has 0 aromatic heterocycles. The molecule has 0 aliphatic rings. The van der Waals surface area contributed by atoms with Crippen LogP contribution in [0.1, 0.15) is 6.42 Å². The molecule has 0 amide bonds. The first-order valence-corrected chi connectivity index (χ1v) is 4.76. The summed E-state index contributed by atoms with van der Waals surface area (Å²) >= 11 is 0. The molecule has 70 valence electrons. The van der Waals surface area contributed by atoms with E-state index in [1.807, 2.05) is 0 Å². The van der Waals surface area contributed by atoms with Crippen molar-refractivity contribution in [2.75, 3.05) is 12.4 Å². The van der Waals surface area contributed by atoms with E-state index in [4.69, 9.17) is 0 Å². The fourth-order valence-electron chi connectivity index (χ4n) is 0.467. The molecule has 0 aromatic carbocycles. The van der Waals surface area contributed by atoms with E-state index in [9.17, 15) is 17.8 Å². The monoisotopic (exact) mass is 216 g/mol. The van der Waals surface area contributed by atoms with Crippen LogP contribution in [0.5, 0.6) is 0 Å². The number of hydrogen-bond acceptors (Lipinski definition) is 5. The second-order valence-electron chi connectivity index (χ2n) is 1.99. The molecule has 0 bridgehead atoms. The van der Waals surface area contributed by atoms with Crippen LogP contribution in [0.4, 0.5) is 0 Å². The summed E-state index contributed by atoms with van der Waals surface area (Å²) in [6, 6.07) is 0. The van der Waals surface area contributed by atoms with E-state index in [0.29, 0.717) is 0 Å². The fraction of sp³-hybridized carbons (Fsp3) is 0.500. The van der Waals surface area contributed by atoms with E-state index in [2.05, 4.69) is 11.3 Å². The van der Waals surface area contributed by atoms with Crippen molar-refractivity contribution in [1.82, 2.24) is 0 Å². The molecular weight excluding hydrogens is 207 g/mol. The topological polar surface area (TPSA) is 83.5 Å². The van der Waals surface area contributed by atoms with Gasteiger partial charge in [-0.3, -0.25) is 0 Å². The van der Waals surface area contributed by atoms with Crippen LogP contribution < -0.4 is 29.6 Å². The third-order valence-corrected chi connectivity index (χ3v) is 1.74. The van der Waals surface area contributed by atoms with Crippen LogP contribution in [0.3, 0.4) is 0 Å². The van der Waals surface area contributed by atoms with Crippen LogP contribution in [-0.4, -0.2) is 31.3 Å². The Kier molecular flexibility index (Phi) is 9.01. The first kappa shape index (κ1) is 15.6. The van der Waals surface area contributed by atoms with Crippen molar-refractivity contribution in [2.45, 2.75) is 6.42 Å². The molecule has 0 saturated heterocycles. The van der Waals surface area contributed by atoms with Gasteiger partial charge in [0.05, 0.1) is 16.7 Å². The van der Waals surface area contributed by atoms with Crippen molar-refractivity contribution < 1.29 is 52.1 Å². The zero-order valence-corrected chi connectivity index (χ0v) is 10.2. The summed E-state index contributed by atoms with van der Waals surface area (Å²) in [5, 5.41) is 0. The Bertz CT molecular complexity index is 258. The summed E-state index contributed by atoms with van der Waals surface area (Å²) in [5.74, 6) is -1.14. The Morgan fingerprint density at radius 2 is 2.08 bits per heavy atom. The minimum Gasteiger partial charge on any atom is -0.748 e. The van der Waals surface area contributed by atoms with E-state index in [1.165, 1.54) is 0 Å². The van der Waals surface area contributed by atoms with Gasteiger partial charge < -0.3 is 9.29 Å². The van der Waals surface area contributed by atoms with Crippen LogP contribution in [-0.2, 0) is 19.6 Å². The standard InChI is InChI=1S/C6H10O5S.Na/c1-2-6(7)11-4-3-5-12(8,9)10;/h2H,1,3-5H2,(H,8,9,10);/q;+1/p-1. The Balaban J connectivity index is 0. The summed E-state index contributed by atoms with van der Waals surface area (Å²) in [6.07, 6.45) is 0.983. The first-order valence-electron chi connectivity index (χ1n) is 3.18. The van der Waals surface area contributed by atoms with Gasteiger partial charge in [-0.05, 0) is 6.42 Å². The van der Waals surface area contributed by atoms with Gasteiger partial charge in [-0.1, -0.05) is 6.58 Å². The van der Waals surface area contributed by atoms with Gasteiger partial charge >= 0.3 is 35.5 Å². The predicted molar refractivity (Wildman–Crippen MR) is 40.3 cm³/mol. The molecule has 0 N–H and O–H groups in total. The second-order valence-corrected chi connectivity index (χ2v) is 3.51. The molecule has 0 aliphatic carbocycles. The molecule has 5 nitrogen and oxygen atoms in total. The Hall–Kier alpha value is 0.120. The number of carbonyl (C=O) groups is 1. The summed E-state index contributed by atoms with van der Waals surface area (Å²) < 4.78 is 34.5. The molecule has 0 spiro atoms. The maximum atomic E-state index is 10.4. The molecular formula is C6H9NaO5S. The van der Waals surface area contributed by atoms with Gasteiger partial charge in [-0.15, -0.1) is 0 Å². The predicted octanol–water partition coefficient (Wildman–Crippen LogP) is -3.35. The average Bonchev–Trinajstić information content (AvgIpc) is 1.96. The maximum absolute atomic E-state index is 10.4. The van der Waals surface area contributed by atoms with Gasteiger partial charge in [-0.2, -0.15) is 0 Å². The van der Waals surface area contributed by atoms with Crippen LogP contribution in [0, 0.1) is 0 Å². The normalized spacial score (nSPS) is 9.92. The molecule has 0 rings (SSSR count). The van der Waals surface area contributed by atoms with Crippen molar-refractivity contribution >= 4 is 16.1 Å². The fourth-order valence-corrected chi connectivity index (χ4v) is 0.939. The maximum Gasteiger partial charge on any atom is 1.00 e. The van der Waals surface area contributed by atoms with Crippen LogP contribution in [0.2, 0.25) is 0 Å². The largest absolute Gasteiger partial charge is 1.00 e. The zero-order valence-electron chi connectivity index (χ0n) is 7.36. The number of ether oxygens (including phenoxy) is 1. The molecule has 0 atom stereocenters. The minimum atomic E-state index is -4.20. The summed E-state index contributed by atoms with van der Waals surface area (Å²) in [5.41, 5.74) is 0. The van der Waals surface area contributed by atoms with E-state index in [-0.39, 0.29) is 42.6 Å². The van der Waals surface area contributed by atoms with Crippen molar-refractivity contribution in [3.63, 3.8) is 0 Å². The van der Waals surface area contributed by atoms with Crippen molar-refractivity contribution in [2.24, 2.45) is 0 Å². The number of hydrogen-bond donors (Lipinski definition) is 0. The Morgan fingerprint density at radius 1 is 1.54 bits per heavy atom. The van der Waals surface area contributed by atoms with Crippen LogP contribution in [0.25, 0.3) is 0 Å². The van der Waals surface area contributed by atoms with Crippen LogP contribution in [0.15, 0.2) is 12.7 Å². The Labute approximate surface area is 99.2 Å². The van der Waals surface area contributed by atoms with Gasteiger partial charge in [0, 0.05) is 11.8 Å². The van der Waals surface area contributed by atoms with E-state index < -0.39 is 21.8 Å². The molecule has 0 saturated carbocycles. The second kappa shape index (κ2) is 7.52. The number of esters is 1. The Morgan fingerprint density at radius 3 is 2.46 bits per heavy atom. The quantitative estimate of drug-likeness (QED) is 0.158. The number of carbonyl (C=O) groups excluding carboxylic acids is 1. The van der Waals surface area contributed by atoms with Crippen molar-refractivity contribution in [3.05, 3.63) is 12.7 Å². The van der Waals surface area contributed by atoms with E-state index >= 15 is 0 Å². The van der Waals surface area contributed by atoms with Gasteiger partial charge in [0.15, 0.2) is 0 Å². The summed E-state index contributed by atoms with van der Waals surface area (Å²) in [4.78, 5) is 10.4. The van der Waals surface area contributed by atoms with Crippen LogP contribution >= 0.6 is 0 Å². The van der Waals surface area contributed by atoms with E-state index in [1.54, 1.807) is 0 Å². The summed E-state index contributed by atoms with van der Waals surface area (Å²) in [7, 11) is -4.20. The SMILES string of the molecule is C=CC(=O)OCCCS(=O)(=O)[O-].[Na+]. The van der Waals surface area contributed by atoms with Gasteiger partial charge in [0.1, 0.15) is 0 Å². The third-order valence-electron chi connectivity index (χ3n) is 0.950. The molecule has 0 aliphatic heterocycles. The van der Waals surface area contributed by atoms with Crippen molar-refractivity contribution in [1.29, 1.82) is 0 Å². The summed E-state index contributed by atoms with van der Waals surface area (Å²) in [6.45, 7) is 3.06. The minimum absolute atomic E-state index is 0. The van der Waals surface area contributed by atoms with Gasteiger partial charge in [0.25, 0.3) is 0 Å². The number of rotatable bonds is 5. The molecule has 7 heteroatoms. The zero-order chi connectivity index (χ0) is 9.61. The van der Waals surface area contributed by atoms with E-state index in [0.717, 1.165) is 6.08 Å². The first-order chi connectivity index (χ1) is 5.45. The average molecular weight is 216 g/mol. The molecule has 0 unspecified atom stereocenters. The smallest absolute Gasteiger partial charge is 0.748 e. The van der Waals surface area contributed by atoms with Gasteiger partial charge in [-0.25, -0.2) is 13.2 Å². The molecule has 0 heterocycles. The van der Waals surface area contributed by atoms with Crippen molar-refractivity contribution in [3.8, 4) is 0 Å². The molecule has 0 fully saturated rings. The molecule has 13 heavy (non-hydrogen) atoms.